The average molecular weight is 539 g/mol. The van der Waals surface area contributed by atoms with E-state index in [0.717, 1.165) is 37.0 Å². The van der Waals surface area contributed by atoms with Crippen molar-refractivity contribution in [1.82, 2.24) is 10.2 Å². The highest BCUT2D eigenvalue weighted by Crippen LogP contribution is 2.54. The summed E-state index contributed by atoms with van der Waals surface area (Å²) in [4.78, 5) is 27.2. The third-order valence-corrected chi connectivity index (χ3v) is 7.54. The number of carbonyl (C=O) groups is 2. The van der Waals surface area contributed by atoms with Gasteiger partial charge in [0.25, 0.3) is 11.8 Å². The molecule has 2 amide bonds. The van der Waals surface area contributed by atoms with Gasteiger partial charge in [-0.2, -0.15) is 13.2 Å². The maximum Gasteiger partial charge on any atom is 0.416 e. The highest BCUT2D eigenvalue weighted by molar-refractivity contribution is 5.94. The number of piperidine rings is 1. The zero-order valence-corrected chi connectivity index (χ0v) is 21.5. The summed E-state index contributed by atoms with van der Waals surface area (Å²) in [5.74, 6) is 1.17. The number of hydrogen-bond donors (Lipinski definition) is 1. The molecule has 3 aromatic rings. The third kappa shape index (κ3) is 6.19. The minimum Gasteiger partial charge on any atom is -0.484 e. The second-order valence-electron chi connectivity index (χ2n) is 10.2. The number of rotatable bonds is 7. The van der Waals surface area contributed by atoms with Gasteiger partial charge in [0.1, 0.15) is 17.2 Å². The van der Waals surface area contributed by atoms with Crippen LogP contribution in [0.25, 0.3) is 0 Å². The maximum absolute atomic E-state index is 13.0. The monoisotopic (exact) mass is 538 g/mol. The molecule has 5 rings (SSSR count). The molecule has 6 nitrogen and oxygen atoms in total. The van der Waals surface area contributed by atoms with Crippen molar-refractivity contribution >= 4 is 11.8 Å². The normalized spacial score (nSPS) is 17.9. The molecular formula is C30H29F3N2O4. The Bertz CT molecular complexity index is 1330. The second kappa shape index (κ2) is 10.6. The lowest BCUT2D eigenvalue weighted by Crippen LogP contribution is -2.42. The van der Waals surface area contributed by atoms with Crippen molar-refractivity contribution in [3.63, 3.8) is 0 Å². The van der Waals surface area contributed by atoms with Crippen LogP contribution in [0.15, 0.2) is 72.8 Å². The summed E-state index contributed by atoms with van der Waals surface area (Å²) in [7, 11) is 0. The number of alkyl halides is 3. The highest BCUT2D eigenvalue weighted by Gasteiger charge is 2.55. The molecule has 1 aliphatic carbocycles. The maximum atomic E-state index is 13.0. The number of benzene rings is 3. The van der Waals surface area contributed by atoms with Crippen molar-refractivity contribution in [3.05, 3.63) is 89.5 Å². The van der Waals surface area contributed by atoms with E-state index in [9.17, 15) is 22.8 Å². The number of carbonyl (C=O) groups excluding carboxylic acids is 2. The predicted molar refractivity (Wildman–Crippen MR) is 139 cm³/mol. The minimum atomic E-state index is -4.40. The lowest BCUT2D eigenvalue weighted by molar-refractivity contribution is -0.137. The van der Waals surface area contributed by atoms with Crippen LogP contribution in [0, 0.1) is 12.3 Å². The largest absolute Gasteiger partial charge is 0.484 e. The molecule has 1 spiro atoms. The molecule has 1 N–H and O–H groups in total. The van der Waals surface area contributed by atoms with Crippen LogP contribution < -0.4 is 14.8 Å². The Balaban J connectivity index is 1.08. The van der Waals surface area contributed by atoms with Gasteiger partial charge in [-0.1, -0.05) is 18.2 Å². The SMILES string of the molecule is Cc1ccccc1OCC(=O)NC1CC12CCN(C(=O)c1ccc(Oc3ccc(C(F)(F)F)cc3)cc1)CC2. The summed E-state index contributed by atoms with van der Waals surface area (Å²) in [6.07, 6.45) is -1.87. The standard InChI is InChI=1S/C30H29F3N2O4/c1-20-4-2-3-5-25(20)38-19-27(36)34-26-18-29(26)14-16-35(17-15-29)28(37)21-6-10-23(11-7-21)39-24-12-8-22(9-13-24)30(31,32)33/h2-13,26H,14-19H2,1H3,(H,34,36). The van der Waals surface area contributed by atoms with Crippen molar-refractivity contribution in [2.45, 2.75) is 38.4 Å². The summed E-state index contributed by atoms with van der Waals surface area (Å²) < 4.78 is 49.5. The first-order valence-electron chi connectivity index (χ1n) is 12.9. The van der Waals surface area contributed by atoms with E-state index in [4.69, 9.17) is 9.47 Å². The molecule has 1 saturated heterocycles. The van der Waals surface area contributed by atoms with Crippen LogP contribution in [0.2, 0.25) is 0 Å². The van der Waals surface area contributed by atoms with Gasteiger partial charge in [-0.15, -0.1) is 0 Å². The molecule has 3 aromatic carbocycles. The Morgan fingerprint density at radius 1 is 0.949 bits per heavy atom. The Hall–Kier alpha value is -4.01. The molecule has 1 unspecified atom stereocenters. The van der Waals surface area contributed by atoms with Crippen LogP contribution in [0.1, 0.15) is 40.7 Å². The molecular weight excluding hydrogens is 509 g/mol. The molecule has 1 aliphatic heterocycles. The quantitative estimate of drug-likeness (QED) is 0.401. The van der Waals surface area contributed by atoms with Crippen molar-refractivity contribution in [2.24, 2.45) is 5.41 Å². The highest BCUT2D eigenvalue weighted by atomic mass is 19.4. The Morgan fingerprint density at radius 3 is 2.18 bits per heavy atom. The van der Waals surface area contributed by atoms with E-state index in [2.05, 4.69) is 5.32 Å². The van der Waals surface area contributed by atoms with E-state index < -0.39 is 11.7 Å². The number of amides is 2. The van der Waals surface area contributed by atoms with E-state index in [-0.39, 0.29) is 35.6 Å². The minimum absolute atomic E-state index is 0.0272. The molecule has 0 aromatic heterocycles. The molecule has 0 bridgehead atoms. The summed E-state index contributed by atoms with van der Waals surface area (Å²) >= 11 is 0. The molecule has 1 saturated carbocycles. The van der Waals surface area contributed by atoms with Crippen LogP contribution in [-0.4, -0.2) is 42.5 Å². The van der Waals surface area contributed by atoms with Crippen LogP contribution in [0.5, 0.6) is 17.2 Å². The first kappa shape index (κ1) is 26.6. The van der Waals surface area contributed by atoms with Crippen molar-refractivity contribution < 1.29 is 32.2 Å². The second-order valence-corrected chi connectivity index (χ2v) is 10.2. The van der Waals surface area contributed by atoms with Gasteiger partial charge in [0, 0.05) is 24.7 Å². The molecule has 2 fully saturated rings. The summed E-state index contributed by atoms with van der Waals surface area (Å²) in [5, 5.41) is 3.08. The Morgan fingerprint density at radius 2 is 1.56 bits per heavy atom. The van der Waals surface area contributed by atoms with Crippen LogP contribution >= 0.6 is 0 Å². The number of para-hydroxylation sites is 1. The van der Waals surface area contributed by atoms with Crippen molar-refractivity contribution in [3.8, 4) is 17.2 Å². The topological polar surface area (TPSA) is 67.9 Å². The fraction of sp³-hybridized carbons (Fsp3) is 0.333. The molecule has 2 aliphatic rings. The van der Waals surface area contributed by atoms with Gasteiger partial charge in [-0.05, 0) is 91.8 Å². The van der Waals surface area contributed by atoms with Crippen LogP contribution in [0.4, 0.5) is 13.2 Å². The van der Waals surface area contributed by atoms with Gasteiger partial charge in [0.05, 0.1) is 5.56 Å². The smallest absolute Gasteiger partial charge is 0.416 e. The third-order valence-electron chi connectivity index (χ3n) is 7.54. The number of ether oxygens (including phenoxy) is 2. The number of hydrogen-bond acceptors (Lipinski definition) is 4. The van der Waals surface area contributed by atoms with Crippen LogP contribution in [-0.2, 0) is 11.0 Å². The Labute approximate surface area is 224 Å². The number of nitrogens with one attached hydrogen (secondary N) is 1. The first-order valence-corrected chi connectivity index (χ1v) is 12.9. The number of likely N-dealkylation sites (tertiary alicyclic amines) is 1. The molecule has 9 heteroatoms. The van der Waals surface area contributed by atoms with Gasteiger partial charge in [-0.3, -0.25) is 9.59 Å². The fourth-order valence-electron chi connectivity index (χ4n) is 5.05. The molecule has 1 heterocycles. The van der Waals surface area contributed by atoms with Gasteiger partial charge in [0.2, 0.25) is 0 Å². The Kier molecular flexibility index (Phi) is 7.25. The number of aryl methyl sites for hydroxylation is 1. The fourth-order valence-corrected chi connectivity index (χ4v) is 5.05. The summed E-state index contributed by atoms with van der Waals surface area (Å²) in [6.45, 7) is 3.12. The van der Waals surface area contributed by atoms with E-state index >= 15 is 0 Å². The lowest BCUT2D eigenvalue weighted by Gasteiger charge is -2.33. The van der Waals surface area contributed by atoms with E-state index in [1.165, 1.54) is 12.1 Å². The number of nitrogens with zero attached hydrogens (tertiary/aromatic N) is 1. The summed E-state index contributed by atoms with van der Waals surface area (Å²) in [6, 6.07) is 18.7. The molecule has 0 radical (unpaired) electrons. The number of halogens is 3. The lowest BCUT2D eigenvalue weighted by atomic mass is 9.92. The van der Waals surface area contributed by atoms with E-state index in [0.29, 0.717) is 30.2 Å². The van der Waals surface area contributed by atoms with Crippen LogP contribution in [0.3, 0.4) is 0 Å². The summed E-state index contributed by atoms with van der Waals surface area (Å²) in [5.41, 5.74) is 0.784. The zero-order valence-electron chi connectivity index (χ0n) is 21.5. The average Bonchev–Trinajstić information content (AvgIpc) is 3.58. The van der Waals surface area contributed by atoms with Gasteiger partial charge in [0.15, 0.2) is 6.61 Å². The predicted octanol–water partition coefficient (Wildman–Crippen LogP) is 6.00. The van der Waals surface area contributed by atoms with Gasteiger partial charge in [-0.25, -0.2) is 0 Å². The molecule has 39 heavy (non-hydrogen) atoms. The van der Waals surface area contributed by atoms with E-state index in [1.807, 2.05) is 36.1 Å². The first-order chi connectivity index (χ1) is 18.6. The molecule has 204 valence electrons. The van der Waals surface area contributed by atoms with E-state index in [1.54, 1.807) is 24.3 Å². The van der Waals surface area contributed by atoms with Crippen molar-refractivity contribution in [2.75, 3.05) is 19.7 Å². The van der Waals surface area contributed by atoms with Gasteiger partial charge >= 0.3 is 6.18 Å². The van der Waals surface area contributed by atoms with Gasteiger partial charge < -0.3 is 19.7 Å². The zero-order chi connectivity index (χ0) is 27.6. The van der Waals surface area contributed by atoms with Crippen molar-refractivity contribution in [1.29, 1.82) is 0 Å². The molecule has 1 atom stereocenters.